The summed E-state index contributed by atoms with van der Waals surface area (Å²) in [6, 6.07) is 11.3. The molecule has 1 aromatic carbocycles. The first-order chi connectivity index (χ1) is 12.8. The number of nitrogens with zero attached hydrogens (tertiary/aromatic N) is 3. The summed E-state index contributed by atoms with van der Waals surface area (Å²) in [4.78, 5) is 11.9. The van der Waals surface area contributed by atoms with Gasteiger partial charge in [0, 0.05) is 41.2 Å². The van der Waals surface area contributed by atoms with Gasteiger partial charge in [-0.2, -0.15) is 0 Å². The second-order valence-corrected chi connectivity index (χ2v) is 5.69. The summed E-state index contributed by atoms with van der Waals surface area (Å²) in [5.41, 5.74) is 3.21. The molecule has 0 fully saturated rings. The molecule has 3 heterocycles. The van der Waals surface area contributed by atoms with Crippen LogP contribution in [0.4, 0.5) is 0 Å². The van der Waals surface area contributed by atoms with Crippen LogP contribution in [-0.4, -0.2) is 33.5 Å². The Hall–Kier alpha value is -3.45. The fourth-order valence-corrected chi connectivity index (χ4v) is 3.00. The highest BCUT2D eigenvalue weighted by Crippen LogP contribution is 2.33. The predicted molar refractivity (Wildman–Crippen MR) is 98.0 cm³/mol. The SMILES string of the molecule is COCc1c(C=NO)ncc2[nH]c3ccc(Oc4ccccn4)cc3c12. The summed E-state index contributed by atoms with van der Waals surface area (Å²) in [5.74, 6) is 1.20. The molecule has 0 amide bonds. The Bertz CT molecular complexity index is 1090. The van der Waals surface area contributed by atoms with Crippen molar-refractivity contribution >= 4 is 28.0 Å². The Morgan fingerprint density at radius 3 is 2.88 bits per heavy atom. The Labute approximate surface area is 148 Å². The van der Waals surface area contributed by atoms with Crippen molar-refractivity contribution in [2.24, 2.45) is 5.16 Å². The van der Waals surface area contributed by atoms with Crippen molar-refractivity contribution in [3.05, 3.63) is 60.0 Å². The lowest BCUT2D eigenvalue weighted by Crippen LogP contribution is -1.99. The number of benzene rings is 1. The first kappa shape index (κ1) is 16.0. The molecule has 0 aliphatic rings. The van der Waals surface area contributed by atoms with E-state index >= 15 is 0 Å². The molecular weight excluding hydrogens is 332 g/mol. The molecular formula is C19H16N4O3. The van der Waals surface area contributed by atoms with Gasteiger partial charge in [0.2, 0.25) is 5.88 Å². The van der Waals surface area contributed by atoms with E-state index in [0.29, 0.717) is 23.9 Å². The maximum atomic E-state index is 8.91. The third-order valence-electron chi connectivity index (χ3n) is 4.07. The molecule has 2 N–H and O–H groups in total. The van der Waals surface area contributed by atoms with Crippen LogP contribution >= 0.6 is 0 Å². The molecule has 4 aromatic rings. The van der Waals surface area contributed by atoms with E-state index < -0.39 is 0 Å². The number of H-pyrrole nitrogens is 1. The van der Waals surface area contributed by atoms with Crippen LogP contribution in [0, 0.1) is 0 Å². The van der Waals surface area contributed by atoms with Crippen LogP contribution in [-0.2, 0) is 11.3 Å². The molecule has 26 heavy (non-hydrogen) atoms. The van der Waals surface area contributed by atoms with Crippen molar-refractivity contribution in [3.8, 4) is 11.6 Å². The Balaban J connectivity index is 1.90. The third-order valence-corrected chi connectivity index (χ3v) is 4.07. The Morgan fingerprint density at radius 2 is 2.12 bits per heavy atom. The van der Waals surface area contributed by atoms with Crippen molar-refractivity contribution in [2.45, 2.75) is 6.61 Å². The first-order valence-electron chi connectivity index (χ1n) is 7.98. The molecule has 130 valence electrons. The van der Waals surface area contributed by atoms with Gasteiger partial charge >= 0.3 is 0 Å². The van der Waals surface area contributed by atoms with Crippen molar-refractivity contribution in [1.29, 1.82) is 0 Å². The summed E-state index contributed by atoms with van der Waals surface area (Å²) in [5, 5.41) is 13.9. The monoisotopic (exact) mass is 348 g/mol. The average molecular weight is 348 g/mol. The van der Waals surface area contributed by atoms with Crippen LogP contribution < -0.4 is 4.74 Å². The first-order valence-corrected chi connectivity index (χ1v) is 7.98. The molecule has 0 aliphatic carbocycles. The molecule has 0 unspecified atom stereocenters. The van der Waals surface area contributed by atoms with Gasteiger partial charge in [-0.3, -0.25) is 4.98 Å². The molecule has 7 heteroatoms. The minimum absolute atomic E-state index is 0.337. The van der Waals surface area contributed by atoms with Gasteiger partial charge in [0.1, 0.15) is 5.75 Å². The van der Waals surface area contributed by atoms with Crippen LogP contribution in [0.2, 0.25) is 0 Å². The maximum absolute atomic E-state index is 8.91. The topological polar surface area (TPSA) is 92.6 Å². The van der Waals surface area contributed by atoms with Gasteiger partial charge in [0.05, 0.1) is 30.2 Å². The van der Waals surface area contributed by atoms with E-state index in [1.54, 1.807) is 25.6 Å². The van der Waals surface area contributed by atoms with Gasteiger partial charge in [-0.05, 0) is 24.3 Å². The van der Waals surface area contributed by atoms with Crippen LogP contribution in [0.1, 0.15) is 11.3 Å². The number of ether oxygens (including phenoxy) is 2. The average Bonchev–Trinajstić information content (AvgIpc) is 3.03. The van der Waals surface area contributed by atoms with Gasteiger partial charge in [-0.25, -0.2) is 4.98 Å². The van der Waals surface area contributed by atoms with E-state index in [1.807, 2.05) is 30.3 Å². The van der Waals surface area contributed by atoms with Crippen LogP contribution in [0.3, 0.4) is 0 Å². The quantitative estimate of drug-likeness (QED) is 0.324. The number of oxime groups is 1. The highest BCUT2D eigenvalue weighted by atomic mass is 16.5. The lowest BCUT2D eigenvalue weighted by molar-refractivity contribution is 0.185. The van der Waals surface area contributed by atoms with Crippen LogP contribution in [0.5, 0.6) is 11.6 Å². The van der Waals surface area contributed by atoms with E-state index in [4.69, 9.17) is 14.7 Å². The van der Waals surface area contributed by atoms with E-state index in [-0.39, 0.29) is 0 Å². The van der Waals surface area contributed by atoms with Crippen molar-refractivity contribution < 1.29 is 14.7 Å². The molecule has 0 spiro atoms. The Morgan fingerprint density at radius 1 is 1.19 bits per heavy atom. The minimum atomic E-state index is 0.337. The summed E-state index contributed by atoms with van der Waals surface area (Å²) < 4.78 is 11.2. The number of hydrogen-bond acceptors (Lipinski definition) is 6. The number of aromatic amines is 1. The molecule has 3 aromatic heterocycles. The van der Waals surface area contributed by atoms with E-state index in [0.717, 1.165) is 27.4 Å². The molecule has 0 bridgehead atoms. The molecule has 7 nitrogen and oxygen atoms in total. The lowest BCUT2D eigenvalue weighted by Gasteiger charge is -2.07. The molecule has 4 rings (SSSR count). The molecule has 0 saturated heterocycles. The van der Waals surface area contributed by atoms with Gasteiger partial charge < -0.3 is 19.7 Å². The van der Waals surface area contributed by atoms with E-state index in [1.165, 1.54) is 6.21 Å². The lowest BCUT2D eigenvalue weighted by atomic mass is 10.1. The van der Waals surface area contributed by atoms with Gasteiger partial charge in [-0.1, -0.05) is 11.2 Å². The molecule has 0 radical (unpaired) electrons. The fourth-order valence-electron chi connectivity index (χ4n) is 3.00. The van der Waals surface area contributed by atoms with Crippen molar-refractivity contribution in [3.63, 3.8) is 0 Å². The Kier molecular flexibility index (Phi) is 4.20. The molecule has 0 saturated carbocycles. The maximum Gasteiger partial charge on any atom is 0.219 e. The standard InChI is InChI=1S/C19H16N4O3/c1-25-11-14-16(10-22-24)21-9-17-19(14)13-8-12(5-6-15(13)23-17)26-18-4-2-3-7-20-18/h2-10,23-24H,11H2,1H3. The smallest absolute Gasteiger partial charge is 0.219 e. The number of rotatable bonds is 5. The van der Waals surface area contributed by atoms with E-state index in [9.17, 15) is 0 Å². The van der Waals surface area contributed by atoms with Crippen LogP contribution in [0.25, 0.3) is 21.8 Å². The van der Waals surface area contributed by atoms with Crippen molar-refractivity contribution in [2.75, 3.05) is 7.11 Å². The normalized spacial score (nSPS) is 11.6. The second kappa shape index (κ2) is 6.81. The van der Waals surface area contributed by atoms with Gasteiger partial charge in [-0.15, -0.1) is 0 Å². The number of methoxy groups -OCH3 is 1. The number of pyridine rings is 2. The van der Waals surface area contributed by atoms with Crippen molar-refractivity contribution in [1.82, 2.24) is 15.0 Å². The summed E-state index contributed by atoms with van der Waals surface area (Å²) in [6.45, 7) is 0.337. The summed E-state index contributed by atoms with van der Waals surface area (Å²) in [6.07, 6.45) is 4.70. The zero-order valence-electron chi connectivity index (χ0n) is 14.0. The van der Waals surface area contributed by atoms with E-state index in [2.05, 4.69) is 20.1 Å². The zero-order valence-corrected chi connectivity index (χ0v) is 14.0. The second-order valence-electron chi connectivity index (χ2n) is 5.69. The van der Waals surface area contributed by atoms with Crippen LogP contribution in [0.15, 0.2) is 53.9 Å². The molecule has 0 aliphatic heterocycles. The largest absolute Gasteiger partial charge is 0.439 e. The van der Waals surface area contributed by atoms with Gasteiger partial charge in [0.25, 0.3) is 0 Å². The minimum Gasteiger partial charge on any atom is -0.439 e. The fraction of sp³-hybridized carbons (Fsp3) is 0.105. The number of hydrogen-bond donors (Lipinski definition) is 2. The summed E-state index contributed by atoms with van der Waals surface area (Å²) in [7, 11) is 1.61. The third kappa shape index (κ3) is 2.84. The summed E-state index contributed by atoms with van der Waals surface area (Å²) >= 11 is 0. The number of fused-ring (bicyclic) bond motifs is 3. The number of nitrogens with one attached hydrogen (secondary N) is 1. The highest BCUT2D eigenvalue weighted by molar-refractivity contribution is 6.10. The predicted octanol–water partition coefficient (Wildman–Crippen LogP) is 3.86. The highest BCUT2D eigenvalue weighted by Gasteiger charge is 2.14. The zero-order chi connectivity index (χ0) is 17.9. The number of aromatic nitrogens is 3. The molecule has 0 atom stereocenters. The van der Waals surface area contributed by atoms with Gasteiger partial charge in [0.15, 0.2) is 0 Å².